The van der Waals surface area contributed by atoms with E-state index in [1.54, 1.807) is 24.3 Å². The highest BCUT2D eigenvalue weighted by atomic mass is 32.2. The molecular formula is C22H32N6OS. The van der Waals surface area contributed by atoms with Gasteiger partial charge in [-0.3, -0.25) is 9.78 Å². The van der Waals surface area contributed by atoms with Crippen molar-refractivity contribution in [3.63, 3.8) is 0 Å². The predicted molar refractivity (Wildman–Crippen MR) is 121 cm³/mol. The Morgan fingerprint density at radius 1 is 1.17 bits per heavy atom. The second-order valence-corrected chi connectivity index (χ2v) is 9.58. The van der Waals surface area contributed by atoms with Gasteiger partial charge in [-0.15, -0.1) is 0 Å². The van der Waals surface area contributed by atoms with Crippen molar-refractivity contribution in [2.45, 2.75) is 51.0 Å². The van der Waals surface area contributed by atoms with Gasteiger partial charge in [-0.2, -0.15) is 0 Å². The first kappa shape index (κ1) is 21.2. The lowest BCUT2D eigenvalue weighted by Gasteiger charge is -2.28. The molecule has 2 aromatic rings. The molecule has 0 bridgehead atoms. The van der Waals surface area contributed by atoms with Crippen molar-refractivity contribution in [1.82, 2.24) is 24.2 Å². The number of hydrogen-bond acceptors (Lipinski definition) is 6. The average Bonchev–Trinajstić information content (AvgIpc) is 3.38. The van der Waals surface area contributed by atoms with E-state index in [1.165, 1.54) is 25.7 Å². The van der Waals surface area contributed by atoms with Gasteiger partial charge in [0.2, 0.25) is 0 Å². The number of anilines is 1. The molecule has 1 amide bonds. The van der Waals surface area contributed by atoms with E-state index in [-0.39, 0.29) is 5.91 Å². The average molecular weight is 429 g/mol. The number of rotatable bonds is 6. The zero-order chi connectivity index (χ0) is 21.1. The summed E-state index contributed by atoms with van der Waals surface area (Å²) in [5.41, 5.74) is 2.64. The van der Waals surface area contributed by atoms with Gasteiger partial charge in [0.1, 0.15) is 11.4 Å². The normalized spacial score (nSPS) is 18.2. The summed E-state index contributed by atoms with van der Waals surface area (Å²) in [6.45, 7) is 9.01. The highest BCUT2D eigenvalue weighted by molar-refractivity contribution is 7.97. The highest BCUT2D eigenvalue weighted by Crippen LogP contribution is 2.32. The number of piperidine rings is 1. The summed E-state index contributed by atoms with van der Waals surface area (Å²) in [4.78, 5) is 25.4. The van der Waals surface area contributed by atoms with Crippen LogP contribution in [-0.4, -0.2) is 50.9 Å². The van der Waals surface area contributed by atoms with Crippen molar-refractivity contribution < 1.29 is 4.79 Å². The fourth-order valence-corrected chi connectivity index (χ4v) is 5.23. The first-order valence-corrected chi connectivity index (χ1v) is 11.7. The molecule has 2 aromatic heterocycles. The molecule has 2 aliphatic rings. The van der Waals surface area contributed by atoms with E-state index >= 15 is 0 Å². The lowest BCUT2D eigenvalue weighted by molar-refractivity contribution is 0.0942. The molecule has 4 heterocycles. The van der Waals surface area contributed by atoms with Crippen LogP contribution in [0.25, 0.3) is 0 Å². The SMILES string of the molecule is Cc1c(SN2CCC(C)CC2)cc(C(=O)NCc2nccnc2N2CCCC2)n1C. The van der Waals surface area contributed by atoms with Gasteiger partial charge in [-0.05, 0) is 56.5 Å². The van der Waals surface area contributed by atoms with E-state index in [9.17, 15) is 4.79 Å². The number of aromatic nitrogens is 3. The van der Waals surface area contributed by atoms with Crippen LogP contribution < -0.4 is 10.2 Å². The second-order valence-electron chi connectivity index (χ2n) is 8.44. The van der Waals surface area contributed by atoms with Crippen LogP contribution in [-0.2, 0) is 13.6 Å². The molecule has 2 fully saturated rings. The van der Waals surface area contributed by atoms with Crippen LogP contribution in [0, 0.1) is 12.8 Å². The summed E-state index contributed by atoms with van der Waals surface area (Å²) in [6.07, 6.45) is 8.27. The van der Waals surface area contributed by atoms with E-state index in [0.717, 1.165) is 54.2 Å². The van der Waals surface area contributed by atoms with Crippen molar-refractivity contribution in [3.05, 3.63) is 35.5 Å². The van der Waals surface area contributed by atoms with Crippen LogP contribution in [0.3, 0.4) is 0 Å². The third kappa shape index (κ3) is 4.64. The predicted octanol–water partition coefficient (Wildman–Crippen LogP) is 3.39. The molecule has 2 aliphatic heterocycles. The Labute approximate surface area is 183 Å². The fraction of sp³-hybridized carbons (Fsp3) is 0.591. The number of carbonyl (C=O) groups is 1. The van der Waals surface area contributed by atoms with Gasteiger partial charge in [-0.25, -0.2) is 9.29 Å². The minimum atomic E-state index is -0.0715. The molecule has 0 aliphatic carbocycles. The molecule has 0 aromatic carbocycles. The van der Waals surface area contributed by atoms with Crippen LogP contribution in [0.5, 0.6) is 0 Å². The smallest absolute Gasteiger partial charge is 0.268 e. The third-order valence-electron chi connectivity index (χ3n) is 6.27. The van der Waals surface area contributed by atoms with Crippen molar-refractivity contribution in [2.24, 2.45) is 13.0 Å². The maximum Gasteiger partial charge on any atom is 0.268 e. The van der Waals surface area contributed by atoms with Crippen LogP contribution >= 0.6 is 11.9 Å². The van der Waals surface area contributed by atoms with Gasteiger partial charge in [-0.1, -0.05) is 6.92 Å². The van der Waals surface area contributed by atoms with E-state index in [1.807, 2.05) is 17.7 Å². The second kappa shape index (κ2) is 9.39. The maximum atomic E-state index is 13.0. The van der Waals surface area contributed by atoms with Crippen LogP contribution in [0.15, 0.2) is 23.4 Å². The zero-order valence-electron chi connectivity index (χ0n) is 18.2. The monoisotopic (exact) mass is 428 g/mol. The zero-order valence-corrected chi connectivity index (χ0v) is 19.0. The van der Waals surface area contributed by atoms with Crippen molar-refractivity contribution in [2.75, 3.05) is 31.1 Å². The summed E-state index contributed by atoms with van der Waals surface area (Å²) in [6, 6.07) is 2.02. The summed E-state index contributed by atoms with van der Waals surface area (Å²) in [7, 11) is 1.96. The lowest BCUT2D eigenvalue weighted by atomic mass is 10.0. The minimum Gasteiger partial charge on any atom is -0.355 e. The van der Waals surface area contributed by atoms with Gasteiger partial charge >= 0.3 is 0 Å². The molecule has 4 rings (SSSR count). The van der Waals surface area contributed by atoms with Gasteiger partial charge in [0.15, 0.2) is 5.82 Å². The largest absolute Gasteiger partial charge is 0.355 e. The molecule has 0 unspecified atom stereocenters. The number of carbonyl (C=O) groups excluding carboxylic acids is 1. The minimum absolute atomic E-state index is 0.0715. The van der Waals surface area contributed by atoms with E-state index < -0.39 is 0 Å². The van der Waals surface area contributed by atoms with Crippen LogP contribution in [0.2, 0.25) is 0 Å². The Morgan fingerprint density at radius 3 is 2.60 bits per heavy atom. The molecular weight excluding hydrogens is 396 g/mol. The lowest BCUT2D eigenvalue weighted by Crippen LogP contribution is -2.28. The maximum absolute atomic E-state index is 13.0. The van der Waals surface area contributed by atoms with Crippen LogP contribution in [0.4, 0.5) is 5.82 Å². The first-order valence-electron chi connectivity index (χ1n) is 10.9. The molecule has 0 spiro atoms. The molecule has 8 heteroatoms. The Morgan fingerprint density at radius 2 is 1.87 bits per heavy atom. The molecule has 7 nitrogen and oxygen atoms in total. The topological polar surface area (TPSA) is 66.3 Å². The number of nitrogens with zero attached hydrogens (tertiary/aromatic N) is 5. The summed E-state index contributed by atoms with van der Waals surface area (Å²) >= 11 is 1.78. The summed E-state index contributed by atoms with van der Waals surface area (Å²) < 4.78 is 4.41. The first-order chi connectivity index (χ1) is 14.5. The van der Waals surface area contributed by atoms with Gasteiger partial charge in [0, 0.05) is 56.2 Å². The molecule has 0 radical (unpaired) electrons. The van der Waals surface area contributed by atoms with Crippen molar-refractivity contribution in [1.29, 1.82) is 0 Å². The number of nitrogens with one attached hydrogen (secondary N) is 1. The highest BCUT2D eigenvalue weighted by Gasteiger charge is 2.22. The van der Waals surface area contributed by atoms with Crippen LogP contribution in [0.1, 0.15) is 54.5 Å². The van der Waals surface area contributed by atoms with Gasteiger partial charge in [0.25, 0.3) is 5.91 Å². The summed E-state index contributed by atoms with van der Waals surface area (Å²) in [5, 5.41) is 3.06. The molecule has 1 N–H and O–H groups in total. The molecule has 0 saturated carbocycles. The Balaban J connectivity index is 1.42. The van der Waals surface area contributed by atoms with Crippen molar-refractivity contribution in [3.8, 4) is 0 Å². The standard InChI is InChI=1S/C22H32N6OS/c1-16-6-12-28(13-7-16)30-20-14-19(26(3)17(20)2)22(29)25-15-18-21(24-9-8-23-18)27-10-4-5-11-27/h8-9,14,16H,4-7,10-13,15H2,1-3H3,(H,25,29). The third-order valence-corrected chi connectivity index (χ3v) is 7.50. The number of hydrogen-bond donors (Lipinski definition) is 1. The number of amides is 1. The van der Waals surface area contributed by atoms with E-state index in [4.69, 9.17) is 0 Å². The summed E-state index contributed by atoms with van der Waals surface area (Å²) in [5.74, 6) is 1.64. The quantitative estimate of drug-likeness (QED) is 0.712. The Kier molecular flexibility index (Phi) is 6.63. The van der Waals surface area contributed by atoms with Crippen molar-refractivity contribution >= 4 is 23.7 Å². The molecule has 162 valence electrons. The van der Waals surface area contributed by atoms with Gasteiger partial charge in [0.05, 0.1) is 6.54 Å². The van der Waals surface area contributed by atoms with E-state index in [0.29, 0.717) is 12.2 Å². The Bertz CT molecular complexity index is 884. The molecule has 2 saturated heterocycles. The molecule has 30 heavy (non-hydrogen) atoms. The fourth-order valence-electron chi connectivity index (χ4n) is 4.13. The van der Waals surface area contributed by atoms with E-state index in [2.05, 4.69) is 38.3 Å². The molecule has 0 atom stereocenters. The van der Waals surface area contributed by atoms with Gasteiger partial charge < -0.3 is 14.8 Å². The Hall–Kier alpha value is -2.06.